The molecule has 0 spiro atoms. The SMILES string of the molecule is Cc1nnc2ccc(N3CCC(C(=O)NCCCN4CCOCC4)CC3)nn12. The minimum Gasteiger partial charge on any atom is -0.379 e. The van der Waals surface area contributed by atoms with Crippen LogP contribution in [0.2, 0.25) is 0 Å². The Kier molecular flexibility index (Phi) is 6.01. The Morgan fingerprint density at radius 1 is 1.18 bits per heavy atom. The number of aryl methyl sites for hydroxylation is 1. The number of ether oxygens (including phenoxy) is 1. The van der Waals surface area contributed by atoms with Crippen molar-refractivity contribution in [3.05, 3.63) is 18.0 Å². The van der Waals surface area contributed by atoms with E-state index < -0.39 is 0 Å². The van der Waals surface area contributed by atoms with Crippen molar-refractivity contribution in [3.8, 4) is 0 Å². The normalized spacial score (nSPS) is 19.2. The zero-order chi connectivity index (χ0) is 19.3. The molecule has 4 rings (SSSR count). The second kappa shape index (κ2) is 8.83. The van der Waals surface area contributed by atoms with Gasteiger partial charge in [0.1, 0.15) is 5.82 Å². The summed E-state index contributed by atoms with van der Waals surface area (Å²) in [5.41, 5.74) is 0.757. The number of aromatic nitrogens is 4. The van der Waals surface area contributed by atoms with Crippen molar-refractivity contribution >= 4 is 17.4 Å². The van der Waals surface area contributed by atoms with Gasteiger partial charge in [-0.3, -0.25) is 9.69 Å². The van der Waals surface area contributed by atoms with E-state index in [2.05, 4.69) is 30.4 Å². The fourth-order valence-electron chi connectivity index (χ4n) is 3.91. The molecular formula is C19H29N7O2. The first kappa shape index (κ1) is 19.1. The van der Waals surface area contributed by atoms with Gasteiger partial charge in [-0.2, -0.15) is 4.52 Å². The summed E-state index contributed by atoms with van der Waals surface area (Å²) in [5, 5.41) is 15.9. The van der Waals surface area contributed by atoms with Crippen LogP contribution in [0, 0.1) is 12.8 Å². The zero-order valence-corrected chi connectivity index (χ0v) is 16.5. The van der Waals surface area contributed by atoms with Gasteiger partial charge < -0.3 is 15.0 Å². The van der Waals surface area contributed by atoms with E-state index in [0.29, 0.717) is 0 Å². The summed E-state index contributed by atoms with van der Waals surface area (Å²) < 4.78 is 7.13. The first-order valence-corrected chi connectivity index (χ1v) is 10.2. The molecule has 2 aromatic heterocycles. The van der Waals surface area contributed by atoms with E-state index in [9.17, 15) is 4.79 Å². The number of nitrogens with zero attached hydrogens (tertiary/aromatic N) is 6. The molecule has 0 radical (unpaired) electrons. The number of amides is 1. The molecule has 2 aromatic rings. The van der Waals surface area contributed by atoms with Crippen molar-refractivity contribution in [1.82, 2.24) is 30.0 Å². The van der Waals surface area contributed by atoms with Gasteiger partial charge in [0.25, 0.3) is 0 Å². The molecule has 1 amide bonds. The highest BCUT2D eigenvalue weighted by Crippen LogP contribution is 2.22. The largest absolute Gasteiger partial charge is 0.379 e. The predicted octanol–water partition coefficient (Wildman–Crippen LogP) is 0.488. The van der Waals surface area contributed by atoms with Gasteiger partial charge in [-0.1, -0.05) is 0 Å². The van der Waals surface area contributed by atoms with E-state index >= 15 is 0 Å². The van der Waals surface area contributed by atoms with E-state index in [-0.39, 0.29) is 11.8 Å². The Morgan fingerprint density at radius 3 is 2.75 bits per heavy atom. The highest BCUT2D eigenvalue weighted by molar-refractivity contribution is 5.78. The number of fused-ring (bicyclic) bond motifs is 1. The summed E-state index contributed by atoms with van der Waals surface area (Å²) in [4.78, 5) is 17.1. The maximum atomic E-state index is 12.5. The molecule has 4 heterocycles. The lowest BCUT2D eigenvalue weighted by molar-refractivity contribution is -0.125. The number of rotatable bonds is 6. The van der Waals surface area contributed by atoms with Crippen LogP contribution in [0.5, 0.6) is 0 Å². The van der Waals surface area contributed by atoms with Crippen LogP contribution in [-0.4, -0.2) is 83.1 Å². The molecule has 2 aliphatic rings. The third-order valence-electron chi connectivity index (χ3n) is 5.65. The Morgan fingerprint density at radius 2 is 1.96 bits per heavy atom. The fraction of sp³-hybridized carbons (Fsp3) is 0.684. The van der Waals surface area contributed by atoms with Gasteiger partial charge in [-0.25, -0.2) is 0 Å². The van der Waals surface area contributed by atoms with Gasteiger partial charge >= 0.3 is 0 Å². The van der Waals surface area contributed by atoms with Gasteiger partial charge in [-0.05, 0) is 44.9 Å². The van der Waals surface area contributed by atoms with Crippen molar-refractivity contribution in [2.45, 2.75) is 26.2 Å². The number of piperidine rings is 1. The standard InChI is InChI=1S/C19H29N7O2/c1-15-21-22-17-3-4-18(23-26(15)17)25-9-5-16(6-10-25)19(27)20-7-2-8-24-11-13-28-14-12-24/h3-4,16H,2,5-14H2,1H3,(H,20,27). The number of hydrogen-bond donors (Lipinski definition) is 1. The number of carbonyl (C=O) groups excluding carboxylic acids is 1. The molecular weight excluding hydrogens is 358 g/mol. The lowest BCUT2D eigenvalue weighted by atomic mass is 9.96. The van der Waals surface area contributed by atoms with Crippen molar-refractivity contribution in [3.63, 3.8) is 0 Å². The second-order valence-corrected chi connectivity index (χ2v) is 7.57. The number of carbonyl (C=O) groups is 1. The van der Waals surface area contributed by atoms with Crippen molar-refractivity contribution in [1.29, 1.82) is 0 Å². The monoisotopic (exact) mass is 387 g/mol. The third-order valence-corrected chi connectivity index (χ3v) is 5.65. The molecule has 2 aliphatic heterocycles. The van der Waals surface area contributed by atoms with Crippen LogP contribution < -0.4 is 10.2 Å². The maximum Gasteiger partial charge on any atom is 0.223 e. The number of morpholine rings is 1. The highest BCUT2D eigenvalue weighted by Gasteiger charge is 2.25. The highest BCUT2D eigenvalue weighted by atomic mass is 16.5. The van der Waals surface area contributed by atoms with Crippen molar-refractivity contribution in [2.75, 3.05) is 57.4 Å². The number of hydrogen-bond acceptors (Lipinski definition) is 7. The first-order chi connectivity index (χ1) is 13.7. The molecule has 28 heavy (non-hydrogen) atoms. The summed E-state index contributed by atoms with van der Waals surface area (Å²) in [6.07, 6.45) is 2.71. The van der Waals surface area contributed by atoms with E-state index in [0.717, 1.165) is 89.0 Å². The average molecular weight is 387 g/mol. The maximum absolute atomic E-state index is 12.5. The Bertz CT molecular complexity index is 795. The Labute approximate surface area is 165 Å². The summed E-state index contributed by atoms with van der Waals surface area (Å²) >= 11 is 0. The van der Waals surface area contributed by atoms with Gasteiger partial charge in [0, 0.05) is 38.6 Å². The second-order valence-electron chi connectivity index (χ2n) is 7.57. The first-order valence-electron chi connectivity index (χ1n) is 10.2. The van der Waals surface area contributed by atoms with E-state index in [1.165, 1.54) is 0 Å². The predicted molar refractivity (Wildman–Crippen MR) is 105 cm³/mol. The summed E-state index contributed by atoms with van der Waals surface area (Å²) in [5.74, 6) is 1.99. The molecule has 2 fully saturated rings. The van der Waals surface area contributed by atoms with Gasteiger partial charge in [0.2, 0.25) is 5.91 Å². The minimum atomic E-state index is 0.0972. The van der Waals surface area contributed by atoms with Crippen LogP contribution >= 0.6 is 0 Å². The molecule has 0 aromatic carbocycles. The molecule has 2 saturated heterocycles. The quantitative estimate of drug-likeness (QED) is 0.722. The van der Waals surface area contributed by atoms with Crippen LogP contribution in [0.1, 0.15) is 25.1 Å². The summed E-state index contributed by atoms with van der Waals surface area (Å²) in [6.45, 7) is 9.00. The van der Waals surface area contributed by atoms with Gasteiger partial charge in [0.05, 0.1) is 13.2 Å². The molecule has 0 unspecified atom stereocenters. The minimum absolute atomic E-state index is 0.0972. The fourth-order valence-corrected chi connectivity index (χ4v) is 3.91. The third kappa shape index (κ3) is 4.41. The molecule has 9 heteroatoms. The van der Waals surface area contributed by atoms with E-state index in [1.807, 2.05) is 19.1 Å². The smallest absolute Gasteiger partial charge is 0.223 e. The zero-order valence-electron chi connectivity index (χ0n) is 16.5. The van der Waals surface area contributed by atoms with Crippen LogP contribution in [0.15, 0.2) is 12.1 Å². The van der Waals surface area contributed by atoms with Crippen LogP contribution in [-0.2, 0) is 9.53 Å². The van der Waals surface area contributed by atoms with Crippen LogP contribution in [0.3, 0.4) is 0 Å². The summed E-state index contributed by atoms with van der Waals surface area (Å²) in [6, 6.07) is 3.92. The molecule has 0 atom stereocenters. The number of nitrogens with one attached hydrogen (secondary N) is 1. The van der Waals surface area contributed by atoms with Crippen molar-refractivity contribution in [2.24, 2.45) is 5.92 Å². The van der Waals surface area contributed by atoms with E-state index in [1.54, 1.807) is 4.52 Å². The molecule has 1 N–H and O–H groups in total. The number of anilines is 1. The van der Waals surface area contributed by atoms with Crippen molar-refractivity contribution < 1.29 is 9.53 Å². The van der Waals surface area contributed by atoms with Gasteiger partial charge in [0.15, 0.2) is 11.5 Å². The topological polar surface area (TPSA) is 87.9 Å². The molecule has 152 valence electrons. The summed E-state index contributed by atoms with van der Waals surface area (Å²) in [7, 11) is 0. The van der Waals surface area contributed by atoms with E-state index in [4.69, 9.17) is 4.74 Å². The van der Waals surface area contributed by atoms with Crippen LogP contribution in [0.25, 0.3) is 5.65 Å². The molecule has 0 saturated carbocycles. The Hall–Kier alpha value is -2.26. The Balaban J connectivity index is 1.20. The lowest BCUT2D eigenvalue weighted by Crippen LogP contribution is -2.42. The average Bonchev–Trinajstić information content (AvgIpc) is 3.12. The van der Waals surface area contributed by atoms with Gasteiger partial charge in [-0.15, -0.1) is 15.3 Å². The lowest BCUT2D eigenvalue weighted by Gasteiger charge is -2.32. The molecule has 9 nitrogen and oxygen atoms in total. The van der Waals surface area contributed by atoms with Crippen LogP contribution in [0.4, 0.5) is 5.82 Å². The molecule has 0 aliphatic carbocycles. The molecule has 0 bridgehead atoms.